The van der Waals surface area contributed by atoms with E-state index in [1.54, 1.807) is 36.4 Å². The predicted molar refractivity (Wildman–Crippen MR) is 107 cm³/mol. The van der Waals surface area contributed by atoms with Gasteiger partial charge in [0.05, 0.1) is 18.0 Å². The van der Waals surface area contributed by atoms with Crippen LogP contribution < -0.4 is 14.8 Å². The van der Waals surface area contributed by atoms with E-state index in [0.717, 1.165) is 5.75 Å². The van der Waals surface area contributed by atoms with E-state index < -0.39 is 10.0 Å². The van der Waals surface area contributed by atoms with E-state index in [0.29, 0.717) is 35.3 Å². The van der Waals surface area contributed by atoms with Gasteiger partial charge in [0.1, 0.15) is 5.75 Å². The lowest BCUT2D eigenvalue weighted by atomic mass is 10.2. The summed E-state index contributed by atoms with van der Waals surface area (Å²) >= 11 is 1.50. The van der Waals surface area contributed by atoms with Crippen molar-refractivity contribution >= 4 is 38.5 Å². The fourth-order valence-corrected chi connectivity index (χ4v) is 4.15. The number of carbonyl (C=O) groups is 1. The van der Waals surface area contributed by atoms with Crippen molar-refractivity contribution in [2.24, 2.45) is 4.99 Å². The fraction of sp³-hybridized carbons (Fsp3) is 0.222. The van der Waals surface area contributed by atoms with Crippen molar-refractivity contribution in [2.75, 3.05) is 23.6 Å². The lowest BCUT2D eigenvalue weighted by molar-refractivity contribution is 0.0978. The Morgan fingerprint density at radius 2 is 1.85 bits per heavy atom. The normalized spacial score (nSPS) is 13.7. The first-order valence-corrected chi connectivity index (χ1v) is 10.8. The minimum absolute atomic E-state index is 0.129. The van der Waals surface area contributed by atoms with Crippen LogP contribution in [0.3, 0.4) is 0 Å². The molecule has 1 heterocycles. The topological polar surface area (TPSA) is 96.9 Å². The molecule has 3 rings (SSSR count). The third kappa shape index (κ3) is 5.01. The maximum Gasteiger partial charge on any atom is 0.261 e. The molecular formula is C18H19N3O4S2. The number of hydrogen-bond acceptors (Lipinski definition) is 6. The second-order valence-electron chi connectivity index (χ2n) is 5.58. The van der Waals surface area contributed by atoms with E-state index in [9.17, 15) is 13.2 Å². The number of thioether (sulfide) groups is 1. The van der Waals surface area contributed by atoms with Crippen LogP contribution in [0.2, 0.25) is 0 Å². The van der Waals surface area contributed by atoms with Gasteiger partial charge in [0.15, 0.2) is 5.17 Å². The largest absolute Gasteiger partial charge is 0.494 e. The summed E-state index contributed by atoms with van der Waals surface area (Å²) < 4.78 is 32.7. The van der Waals surface area contributed by atoms with Gasteiger partial charge in [-0.25, -0.2) is 8.42 Å². The summed E-state index contributed by atoms with van der Waals surface area (Å²) in [7, 11) is -3.73. The van der Waals surface area contributed by atoms with Gasteiger partial charge in [0, 0.05) is 17.0 Å². The Morgan fingerprint density at radius 1 is 1.15 bits per heavy atom. The van der Waals surface area contributed by atoms with Gasteiger partial charge in [-0.2, -0.15) is 0 Å². The number of benzene rings is 2. The van der Waals surface area contributed by atoms with Crippen molar-refractivity contribution in [1.29, 1.82) is 0 Å². The van der Waals surface area contributed by atoms with Crippen LogP contribution in [0.5, 0.6) is 5.75 Å². The lowest BCUT2D eigenvalue weighted by Gasteiger charge is -2.10. The predicted octanol–water partition coefficient (Wildman–Crippen LogP) is 2.72. The Balaban J connectivity index is 1.66. The van der Waals surface area contributed by atoms with E-state index >= 15 is 0 Å². The second-order valence-corrected chi connectivity index (χ2v) is 8.34. The summed E-state index contributed by atoms with van der Waals surface area (Å²) in [4.78, 5) is 16.4. The molecule has 2 N–H and O–H groups in total. The van der Waals surface area contributed by atoms with Gasteiger partial charge in [0.25, 0.3) is 15.9 Å². The van der Waals surface area contributed by atoms with E-state index in [1.165, 1.54) is 23.9 Å². The molecule has 0 radical (unpaired) electrons. The molecule has 142 valence electrons. The Kier molecular flexibility index (Phi) is 6.02. The highest BCUT2D eigenvalue weighted by Crippen LogP contribution is 2.20. The molecule has 0 saturated heterocycles. The smallest absolute Gasteiger partial charge is 0.261 e. The number of aliphatic imine (C=N–C) groups is 1. The molecule has 1 aliphatic rings. The molecule has 7 nitrogen and oxygen atoms in total. The summed E-state index contributed by atoms with van der Waals surface area (Å²) in [6.07, 6.45) is 0. The molecule has 0 bridgehead atoms. The summed E-state index contributed by atoms with van der Waals surface area (Å²) in [5.74, 6) is 1.20. The van der Waals surface area contributed by atoms with Crippen LogP contribution in [0.4, 0.5) is 5.69 Å². The Hall–Kier alpha value is -2.52. The summed E-state index contributed by atoms with van der Waals surface area (Å²) in [6.45, 7) is 3.07. The molecule has 1 amide bonds. The van der Waals surface area contributed by atoms with Crippen molar-refractivity contribution in [3.63, 3.8) is 0 Å². The molecule has 0 unspecified atom stereocenters. The Morgan fingerprint density at radius 3 is 2.44 bits per heavy atom. The van der Waals surface area contributed by atoms with E-state index in [-0.39, 0.29) is 10.8 Å². The van der Waals surface area contributed by atoms with Gasteiger partial charge in [-0.05, 0) is 55.5 Å². The average molecular weight is 406 g/mol. The minimum atomic E-state index is -3.73. The number of amides is 1. The maximum atomic E-state index is 12.5. The molecule has 0 fully saturated rings. The van der Waals surface area contributed by atoms with E-state index in [2.05, 4.69) is 15.0 Å². The molecule has 27 heavy (non-hydrogen) atoms. The molecular weight excluding hydrogens is 386 g/mol. The van der Waals surface area contributed by atoms with Crippen molar-refractivity contribution < 1.29 is 17.9 Å². The molecule has 0 spiro atoms. The fourth-order valence-electron chi connectivity index (χ4n) is 2.37. The van der Waals surface area contributed by atoms with Gasteiger partial charge < -0.3 is 10.1 Å². The number of nitrogens with zero attached hydrogens (tertiary/aromatic N) is 1. The van der Waals surface area contributed by atoms with E-state index in [4.69, 9.17) is 4.74 Å². The van der Waals surface area contributed by atoms with Gasteiger partial charge in [-0.1, -0.05) is 11.8 Å². The zero-order valence-corrected chi connectivity index (χ0v) is 16.3. The number of carbonyl (C=O) groups excluding carboxylic acids is 1. The van der Waals surface area contributed by atoms with E-state index in [1.807, 2.05) is 6.92 Å². The molecule has 9 heteroatoms. The minimum Gasteiger partial charge on any atom is -0.494 e. The summed E-state index contributed by atoms with van der Waals surface area (Å²) in [5.41, 5.74) is 0.794. The number of sulfonamides is 1. The van der Waals surface area contributed by atoms with Crippen LogP contribution in [0.25, 0.3) is 0 Å². The highest BCUT2D eigenvalue weighted by atomic mass is 32.2. The van der Waals surface area contributed by atoms with Gasteiger partial charge in [0.2, 0.25) is 0 Å². The molecule has 0 saturated carbocycles. The van der Waals surface area contributed by atoms with Crippen LogP contribution in [0.1, 0.15) is 17.3 Å². The third-order valence-electron chi connectivity index (χ3n) is 3.65. The maximum absolute atomic E-state index is 12.5. The summed E-state index contributed by atoms with van der Waals surface area (Å²) in [5, 5.41) is 3.34. The standard InChI is InChI=1S/C18H19N3O4S2/c1-2-25-15-7-9-16(10-8-15)27(23,24)21-14-5-3-13(4-6-14)17(22)20-18-19-11-12-26-18/h3-10,21H,2,11-12H2,1H3,(H,19,20,22). The zero-order valence-electron chi connectivity index (χ0n) is 14.6. The Labute approximate surface area is 162 Å². The Bertz CT molecular complexity index is 940. The SMILES string of the molecule is CCOc1ccc(S(=O)(=O)Nc2ccc(C(=O)NC3=NCCS3)cc2)cc1. The number of anilines is 1. The average Bonchev–Trinajstić information content (AvgIpc) is 3.16. The molecule has 2 aromatic carbocycles. The van der Waals surface area contributed by atoms with Crippen LogP contribution in [-0.2, 0) is 10.0 Å². The first-order chi connectivity index (χ1) is 13.0. The zero-order chi connectivity index (χ0) is 19.3. The van der Waals surface area contributed by atoms with Crippen LogP contribution >= 0.6 is 11.8 Å². The van der Waals surface area contributed by atoms with Gasteiger partial charge >= 0.3 is 0 Å². The molecule has 0 aromatic heterocycles. The first kappa shape index (κ1) is 19.2. The molecule has 0 atom stereocenters. The second kappa shape index (κ2) is 8.45. The number of hydrogen-bond donors (Lipinski definition) is 2. The number of rotatable bonds is 6. The van der Waals surface area contributed by atoms with Crippen molar-refractivity contribution in [3.05, 3.63) is 54.1 Å². The molecule has 0 aliphatic carbocycles. The van der Waals surface area contributed by atoms with Gasteiger partial charge in [-0.3, -0.25) is 14.5 Å². The molecule has 2 aromatic rings. The highest BCUT2D eigenvalue weighted by Gasteiger charge is 2.16. The van der Waals surface area contributed by atoms with Crippen molar-refractivity contribution in [1.82, 2.24) is 5.32 Å². The monoisotopic (exact) mass is 405 g/mol. The van der Waals surface area contributed by atoms with Gasteiger partial charge in [-0.15, -0.1) is 0 Å². The van der Waals surface area contributed by atoms with Crippen LogP contribution in [0, 0.1) is 0 Å². The van der Waals surface area contributed by atoms with Crippen LogP contribution in [-0.4, -0.2) is 38.4 Å². The number of amidine groups is 1. The van der Waals surface area contributed by atoms with Crippen molar-refractivity contribution in [2.45, 2.75) is 11.8 Å². The molecule has 1 aliphatic heterocycles. The quantitative estimate of drug-likeness (QED) is 0.770. The van der Waals surface area contributed by atoms with Crippen LogP contribution in [0.15, 0.2) is 58.4 Å². The lowest BCUT2D eigenvalue weighted by Crippen LogP contribution is -2.27. The first-order valence-electron chi connectivity index (χ1n) is 8.32. The highest BCUT2D eigenvalue weighted by molar-refractivity contribution is 8.14. The number of nitrogens with one attached hydrogen (secondary N) is 2. The van der Waals surface area contributed by atoms with Crippen molar-refractivity contribution in [3.8, 4) is 5.75 Å². The number of ether oxygens (including phenoxy) is 1. The summed E-state index contributed by atoms with van der Waals surface area (Å²) in [6, 6.07) is 12.4. The third-order valence-corrected chi connectivity index (χ3v) is 5.94.